The third-order valence-corrected chi connectivity index (χ3v) is 9.54. The number of aromatic nitrogens is 1. The maximum atomic E-state index is 13.6. The molecule has 250 valence electrons. The van der Waals surface area contributed by atoms with Gasteiger partial charge in [0, 0.05) is 24.2 Å². The molecule has 1 saturated heterocycles. The molecular formula is C33H33ClF3N3O6S. The molecule has 2 aromatic heterocycles. The first-order chi connectivity index (χ1) is 21.9. The first-order valence-electron chi connectivity index (χ1n) is 14.8. The summed E-state index contributed by atoms with van der Waals surface area (Å²) in [4.78, 5) is 31.9. The van der Waals surface area contributed by atoms with Gasteiger partial charge in [0.15, 0.2) is 17.5 Å². The van der Waals surface area contributed by atoms with Gasteiger partial charge in [-0.05, 0) is 81.0 Å². The molecule has 0 bridgehead atoms. The third-order valence-electron chi connectivity index (χ3n) is 8.36. The van der Waals surface area contributed by atoms with Crippen LogP contribution in [0, 0.1) is 19.3 Å². The second kappa shape index (κ2) is 12.5. The van der Waals surface area contributed by atoms with E-state index in [1.54, 1.807) is 19.1 Å². The van der Waals surface area contributed by atoms with Crippen molar-refractivity contribution >= 4 is 50.5 Å². The van der Waals surface area contributed by atoms with Crippen molar-refractivity contribution in [3.63, 3.8) is 0 Å². The number of aryl methyl sites for hydroxylation is 1. The SMILES string of the molecule is Cc1cc(C(C)Nc2ccc(Cl)nc2-c2ccc(OS(=O)(=O)C(F)(F)F)c(C=O)c2)c2oc(N3CCC(C)(C)CC3)c(C)c(=O)c2c1. The molecule has 0 aliphatic carbocycles. The van der Waals surface area contributed by atoms with Gasteiger partial charge in [0.25, 0.3) is 0 Å². The van der Waals surface area contributed by atoms with Crippen molar-refractivity contribution < 1.29 is 35.0 Å². The number of alkyl halides is 3. The number of hydrogen-bond donors (Lipinski definition) is 1. The van der Waals surface area contributed by atoms with Gasteiger partial charge >= 0.3 is 15.6 Å². The molecule has 5 rings (SSSR count). The fraction of sp³-hybridized carbons (Fsp3) is 0.364. The Kier molecular flexibility index (Phi) is 9.10. The van der Waals surface area contributed by atoms with Crippen LogP contribution in [0.15, 0.2) is 51.7 Å². The van der Waals surface area contributed by atoms with Gasteiger partial charge in [-0.15, -0.1) is 0 Å². The Hall–Kier alpha value is -4.10. The number of piperidine rings is 1. The molecule has 1 atom stereocenters. The second-order valence-corrected chi connectivity index (χ2v) is 14.4. The molecule has 0 radical (unpaired) electrons. The van der Waals surface area contributed by atoms with Crippen LogP contribution in [0.2, 0.25) is 5.15 Å². The highest BCUT2D eigenvalue weighted by molar-refractivity contribution is 7.88. The molecule has 9 nitrogen and oxygen atoms in total. The predicted molar refractivity (Wildman–Crippen MR) is 175 cm³/mol. The highest BCUT2D eigenvalue weighted by Gasteiger charge is 2.48. The summed E-state index contributed by atoms with van der Waals surface area (Å²) < 4.78 is 72.6. The molecule has 1 unspecified atom stereocenters. The van der Waals surface area contributed by atoms with Crippen LogP contribution < -0.4 is 19.8 Å². The Balaban J connectivity index is 1.54. The summed E-state index contributed by atoms with van der Waals surface area (Å²) in [7, 11) is -6.01. The third kappa shape index (κ3) is 6.96. The van der Waals surface area contributed by atoms with E-state index >= 15 is 0 Å². The van der Waals surface area contributed by atoms with E-state index < -0.39 is 33.0 Å². The van der Waals surface area contributed by atoms with Crippen molar-refractivity contribution in [2.75, 3.05) is 23.3 Å². The van der Waals surface area contributed by atoms with Gasteiger partial charge in [-0.3, -0.25) is 9.59 Å². The number of aldehydes is 1. The molecule has 1 N–H and O–H groups in total. The van der Waals surface area contributed by atoms with Gasteiger partial charge in [0.2, 0.25) is 5.88 Å². The highest BCUT2D eigenvalue weighted by Crippen LogP contribution is 2.38. The Bertz CT molecular complexity index is 2040. The quantitative estimate of drug-likeness (QED) is 0.0849. The van der Waals surface area contributed by atoms with Crippen molar-refractivity contribution in [2.45, 2.75) is 59.0 Å². The molecule has 2 aromatic carbocycles. The zero-order valence-electron chi connectivity index (χ0n) is 26.3. The number of anilines is 2. The van der Waals surface area contributed by atoms with Crippen molar-refractivity contribution in [3.05, 3.63) is 80.1 Å². The lowest BCUT2D eigenvalue weighted by Crippen LogP contribution is -2.38. The van der Waals surface area contributed by atoms with Crippen molar-refractivity contribution in [2.24, 2.45) is 5.41 Å². The van der Waals surface area contributed by atoms with Crippen molar-refractivity contribution in [1.29, 1.82) is 0 Å². The van der Waals surface area contributed by atoms with Crippen LogP contribution in [0.4, 0.5) is 24.7 Å². The van der Waals surface area contributed by atoms with Crippen molar-refractivity contribution in [1.82, 2.24) is 4.98 Å². The monoisotopic (exact) mass is 691 g/mol. The van der Waals surface area contributed by atoms with Gasteiger partial charge < -0.3 is 18.8 Å². The fourth-order valence-corrected chi connectivity index (χ4v) is 6.24. The number of carbonyl (C=O) groups is 1. The van der Waals surface area contributed by atoms with E-state index in [0.29, 0.717) is 33.7 Å². The van der Waals surface area contributed by atoms with Gasteiger partial charge in [-0.25, -0.2) is 4.98 Å². The van der Waals surface area contributed by atoms with E-state index in [0.717, 1.165) is 43.6 Å². The Morgan fingerprint density at radius 1 is 1.11 bits per heavy atom. The molecule has 3 heterocycles. The average Bonchev–Trinajstić information content (AvgIpc) is 2.99. The molecule has 1 aliphatic heterocycles. The highest BCUT2D eigenvalue weighted by atomic mass is 35.5. The molecule has 47 heavy (non-hydrogen) atoms. The molecule has 1 aliphatic rings. The minimum absolute atomic E-state index is 0.0858. The van der Waals surface area contributed by atoms with Crippen LogP contribution in [0.25, 0.3) is 22.2 Å². The molecule has 0 spiro atoms. The van der Waals surface area contributed by atoms with Crippen LogP contribution in [-0.4, -0.2) is 38.3 Å². The molecule has 0 amide bonds. The number of benzene rings is 2. The van der Waals surface area contributed by atoms with E-state index in [9.17, 15) is 31.2 Å². The number of nitrogens with zero attached hydrogens (tertiary/aromatic N) is 2. The lowest BCUT2D eigenvalue weighted by molar-refractivity contribution is -0.0500. The van der Waals surface area contributed by atoms with Gasteiger partial charge in [0.05, 0.1) is 33.9 Å². The topological polar surface area (TPSA) is 119 Å². The Morgan fingerprint density at radius 2 is 1.79 bits per heavy atom. The van der Waals surface area contributed by atoms with Crippen molar-refractivity contribution in [3.8, 4) is 17.0 Å². The van der Waals surface area contributed by atoms with E-state index in [4.69, 9.17) is 16.0 Å². The second-order valence-electron chi connectivity index (χ2n) is 12.5. The van der Waals surface area contributed by atoms with Gasteiger partial charge in [-0.1, -0.05) is 31.5 Å². The Labute approximate surface area is 274 Å². The van der Waals surface area contributed by atoms with E-state index in [-0.39, 0.29) is 33.5 Å². The van der Waals surface area contributed by atoms with E-state index in [2.05, 4.69) is 33.2 Å². The van der Waals surface area contributed by atoms with Gasteiger partial charge in [-0.2, -0.15) is 21.6 Å². The summed E-state index contributed by atoms with van der Waals surface area (Å²) in [6.45, 7) is 11.5. The van der Waals surface area contributed by atoms with Crippen LogP contribution in [0.3, 0.4) is 0 Å². The minimum atomic E-state index is -6.01. The first kappa shape index (κ1) is 34.2. The van der Waals surface area contributed by atoms with Gasteiger partial charge in [0.1, 0.15) is 10.7 Å². The number of carbonyl (C=O) groups excluding carboxylic acids is 1. The summed E-state index contributed by atoms with van der Waals surface area (Å²) in [6, 6.07) is 9.77. The number of pyridine rings is 1. The molecule has 14 heteroatoms. The smallest absolute Gasteiger partial charge is 0.440 e. The van der Waals surface area contributed by atoms with Crippen LogP contribution in [-0.2, 0) is 10.1 Å². The summed E-state index contributed by atoms with van der Waals surface area (Å²) in [6.07, 6.45) is 2.08. The number of halogens is 4. The summed E-state index contributed by atoms with van der Waals surface area (Å²) in [5.41, 5.74) is -2.63. The number of hydrogen-bond acceptors (Lipinski definition) is 9. The molecule has 4 aromatic rings. The normalized spacial score (nSPS) is 15.8. The minimum Gasteiger partial charge on any atom is -0.440 e. The van der Waals surface area contributed by atoms with Crippen LogP contribution >= 0.6 is 11.6 Å². The summed E-state index contributed by atoms with van der Waals surface area (Å²) >= 11 is 6.21. The fourth-order valence-electron chi connectivity index (χ4n) is 5.61. The molecule has 0 saturated carbocycles. The maximum Gasteiger partial charge on any atom is 0.534 e. The van der Waals surface area contributed by atoms with Crippen LogP contribution in [0.1, 0.15) is 66.7 Å². The zero-order chi connectivity index (χ0) is 34.5. The Morgan fingerprint density at radius 3 is 2.43 bits per heavy atom. The first-order valence-corrected chi connectivity index (χ1v) is 16.6. The van der Waals surface area contributed by atoms with E-state index in [1.807, 2.05) is 19.9 Å². The largest absolute Gasteiger partial charge is 0.534 e. The zero-order valence-corrected chi connectivity index (χ0v) is 27.9. The predicted octanol–water partition coefficient (Wildman–Crippen LogP) is 7.97. The van der Waals surface area contributed by atoms with E-state index in [1.165, 1.54) is 12.1 Å². The standard InChI is InChI=1S/C33H33ClF3N3O6S/c1-18-14-23(30-24(15-18)29(42)19(2)31(45-30)40-12-10-32(4,5)11-13-40)20(3)38-25-7-9-27(34)39-28(25)21-6-8-26(22(16-21)17-41)46-47(43,44)33(35,36)37/h6-9,14-17,20,38H,10-13H2,1-5H3. The number of rotatable bonds is 8. The van der Waals surface area contributed by atoms with Crippen LogP contribution in [0.5, 0.6) is 5.75 Å². The molecular weight excluding hydrogens is 659 g/mol. The lowest BCUT2D eigenvalue weighted by atomic mass is 9.82. The molecule has 1 fully saturated rings. The number of nitrogens with one attached hydrogen (secondary N) is 1. The summed E-state index contributed by atoms with van der Waals surface area (Å²) in [5.74, 6) is -0.254. The lowest BCUT2D eigenvalue weighted by Gasteiger charge is -2.37. The summed E-state index contributed by atoms with van der Waals surface area (Å²) in [5, 5.41) is 3.90. The maximum absolute atomic E-state index is 13.6. The number of fused-ring (bicyclic) bond motifs is 1. The average molecular weight is 692 g/mol.